The molecule has 1 aromatic rings. The largest absolute Gasteiger partial charge is 0.359 e. The van der Waals surface area contributed by atoms with Crippen LogP contribution in [0.25, 0.3) is 0 Å². The van der Waals surface area contributed by atoms with E-state index in [9.17, 15) is 0 Å². The molecule has 20 heavy (non-hydrogen) atoms. The first-order chi connectivity index (χ1) is 9.45. The van der Waals surface area contributed by atoms with E-state index < -0.39 is 11.2 Å². The average Bonchev–Trinajstić information content (AvgIpc) is 2.47. The van der Waals surface area contributed by atoms with Gasteiger partial charge in [0.1, 0.15) is 5.84 Å². The number of alkyl halides is 1. The molecule has 104 valence electrons. The van der Waals surface area contributed by atoms with E-state index in [1.807, 2.05) is 37.9 Å². The molecule has 0 radical (unpaired) electrons. The topological polar surface area (TPSA) is 39.4 Å². The van der Waals surface area contributed by atoms with Crippen LogP contribution in [0.3, 0.4) is 0 Å². The zero-order valence-corrected chi connectivity index (χ0v) is 12.1. The van der Waals surface area contributed by atoms with Crippen molar-refractivity contribution in [2.45, 2.75) is 37.9 Å². The highest BCUT2D eigenvalue weighted by atomic mass is 19.1. The molecule has 0 fully saturated rings. The number of halogens is 1. The molecule has 0 aromatic heterocycles. The second kappa shape index (κ2) is 4.05. The van der Waals surface area contributed by atoms with E-state index >= 15 is 4.39 Å². The van der Waals surface area contributed by atoms with Crippen LogP contribution in [0, 0.1) is 11.3 Å². The first-order valence-corrected chi connectivity index (χ1v) is 7.00. The van der Waals surface area contributed by atoms with E-state index in [0.29, 0.717) is 30.8 Å². The third kappa shape index (κ3) is 1.46. The van der Waals surface area contributed by atoms with Gasteiger partial charge in [0.25, 0.3) is 0 Å². The van der Waals surface area contributed by atoms with Gasteiger partial charge in [-0.2, -0.15) is 5.26 Å². The van der Waals surface area contributed by atoms with Gasteiger partial charge in [0, 0.05) is 31.0 Å². The molecule has 0 aliphatic carbocycles. The molecule has 0 spiro atoms. The molecule has 0 saturated heterocycles. The molecule has 1 unspecified atom stereocenters. The Labute approximate surface area is 118 Å². The highest BCUT2D eigenvalue weighted by Gasteiger charge is 2.55. The van der Waals surface area contributed by atoms with Crippen molar-refractivity contribution in [2.24, 2.45) is 4.99 Å². The van der Waals surface area contributed by atoms with E-state index in [2.05, 4.69) is 11.1 Å². The smallest absolute Gasteiger partial charge is 0.213 e. The monoisotopic (exact) mass is 271 g/mol. The molecule has 3 nitrogen and oxygen atoms in total. The lowest BCUT2D eigenvalue weighted by Gasteiger charge is -2.49. The molecule has 2 bridgehead atoms. The Morgan fingerprint density at radius 3 is 2.90 bits per heavy atom. The molecular formula is C16H18FN3. The number of rotatable bonds is 1. The lowest BCUT2D eigenvalue weighted by Crippen LogP contribution is -2.55. The number of amidine groups is 1. The maximum absolute atomic E-state index is 15.4. The summed E-state index contributed by atoms with van der Waals surface area (Å²) in [6.07, 6.45) is 1.10. The maximum Gasteiger partial charge on any atom is 0.213 e. The summed E-state index contributed by atoms with van der Waals surface area (Å²) in [6.45, 7) is 4.60. The molecule has 0 N–H and O–H groups in total. The van der Waals surface area contributed by atoms with Crippen LogP contribution in [-0.4, -0.2) is 30.1 Å². The third-order valence-electron chi connectivity index (χ3n) is 4.96. The fraction of sp³-hybridized carbons (Fsp3) is 0.500. The van der Waals surface area contributed by atoms with Crippen LogP contribution in [0.2, 0.25) is 0 Å². The van der Waals surface area contributed by atoms with E-state index in [-0.39, 0.29) is 0 Å². The number of nitrogens with zero attached hydrogens (tertiary/aromatic N) is 3. The van der Waals surface area contributed by atoms with Crippen LogP contribution < -0.4 is 0 Å². The molecule has 4 heteroatoms. The summed E-state index contributed by atoms with van der Waals surface area (Å²) in [4.78, 5) is 6.39. The Kier molecular flexibility index (Phi) is 2.66. The van der Waals surface area contributed by atoms with Gasteiger partial charge in [-0.1, -0.05) is 19.9 Å². The van der Waals surface area contributed by atoms with Gasteiger partial charge in [-0.3, -0.25) is 0 Å². The van der Waals surface area contributed by atoms with Crippen molar-refractivity contribution in [1.82, 2.24) is 4.90 Å². The number of aliphatic imine (C=N–C) groups is 1. The molecular weight excluding hydrogens is 253 g/mol. The molecule has 0 amide bonds. The number of benzene rings is 1. The van der Waals surface area contributed by atoms with Gasteiger partial charge >= 0.3 is 0 Å². The zero-order valence-electron chi connectivity index (χ0n) is 12.1. The Morgan fingerprint density at radius 2 is 2.25 bits per heavy atom. The molecule has 0 saturated carbocycles. The van der Waals surface area contributed by atoms with Crippen LogP contribution in [0.5, 0.6) is 0 Å². The molecule has 2 aliphatic heterocycles. The standard InChI is InChI=1S/C16H18FN3/c1-4-15(2)13-6-5-11(10-18)9-12(13)14-19-16(15,17)7-8-20(14)3/h5-6,9H,4,7-8H2,1-3H3/t15?,16-/m1/s1. The predicted molar refractivity (Wildman–Crippen MR) is 76.4 cm³/mol. The van der Waals surface area contributed by atoms with Crippen molar-refractivity contribution in [1.29, 1.82) is 5.26 Å². The summed E-state index contributed by atoms with van der Waals surface area (Å²) >= 11 is 0. The van der Waals surface area contributed by atoms with Gasteiger partial charge in [-0.05, 0) is 24.1 Å². The first kappa shape index (κ1) is 13.1. The van der Waals surface area contributed by atoms with Crippen molar-refractivity contribution in [3.63, 3.8) is 0 Å². The molecule has 3 rings (SSSR count). The number of hydrogen-bond donors (Lipinski definition) is 0. The summed E-state index contributed by atoms with van der Waals surface area (Å²) in [5.74, 6) is -0.859. The van der Waals surface area contributed by atoms with Crippen LogP contribution in [0.4, 0.5) is 4.39 Å². The molecule has 2 aliphatic rings. The predicted octanol–water partition coefficient (Wildman–Crippen LogP) is 2.99. The minimum absolute atomic E-state index is 0.413. The maximum atomic E-state index is 15.4. The fourth-order valence-electron chi connectivity index (χ4n) is 3.34. The lowest BCUT2D eigenvalue weighted by atomic mass is 9.66. The summed E-state index contributed by atoms with van der Waals surface area (Å²) in [6, 6.07) is 7.67. The van der Waals surface area contributed by atoms with E-state index in [1.165, 1.54) is 0 Å². The van der Waals surface area contributed by atoms with Gasteiger partial charge in [0.2, 0.25) is 5.79 Å². The number of hydrogen-bond acceptors (Lipinski definition) is 3. The summed E-state index contributed by atoms with van der Waals surface area (Å²) in [5.41, 5.74) is 1.85. The van der Waals surface area contributed by atoms with Gasteiger partial charge in [0.05, 0.1) is 11.6 Å². The van der Waals surface area contributed by atoms with Gasteiger partial charge in [-0.25, -0.2) is 9.38 Å². The third-order valence-corrected chi connectivity index (χ3v) is 4.96. The van der Waals surface area contributed by atoms with Gasteiger partial charge < -0.3 is 4.90 Å². The summed E-state index contributed by atoms with van der Waals surface area (Å²) < 4.78 is 15.4. The molecule has 2 heterocycles. The first-order valence-electron chi connectivity index (χ1n) is 7.00. The van der Waals surface area contributed by atoms with Crippen LogP contribution in [0.15, 0.2) is 23.2 Å². The highest BCUT2D eigenvalue weighted by Crippen LogP contribution is 2.50. The van der Waals surface area contributed by atoms with Crippen LogP contribution >= 0.6 is 0 Å². The van der Waals surface area contributed by atoms with Crippen molar-refractivity contribution in [3.05, 3.63) is 34.9 Å². The normalized spacial score (nSPS) is 31.4. The number of fused-ring (bicyclic) bond motifs is 3. The van der Waals surface area contributed by atoms with Crippen molar-refractivity contribution >= 4 is 5.84 Å². The van der Waals surface area contributed by atoms with Crippen molar-refractivity contribution in [3.8, 4) is 6.07 Å². The van der Waals surface area contributed by atoms with Crippen LogP contribution in [-0.2, 0) is 5.41 Å². The number of nitriles is 1. The van der Waals surface area contributed by atoms with E-state index in [0.717, 1.165) is 11.1 Å². The lowest BCUT2D eigenvalue weighted by molar-refractivity contribution is 0.0368. The zero-order chi connectivity index (χ0) is 14.5. The van der Waals surface area contributed by atoms with Crippen molar-refractivity contribution < 1.29 is 4.39 Å². The minimum atomic E-state index is -1.54. The Bertz CT molecular complexity index is 646. The summed E-state index contributed by atoms with van der Waals surface area (Å²) in [7, 11) is 1.93. The van der Waals surface area contributed by atoms with Crippen LogP contribution in [0.1, 0.15) is 43.4 Å². The minimum Gasteiger partial charge on any atom is -0.359 e. The molecule has 2 atom stereocenters. The van der Waals surface area contributed by atoms with E-state index in [1.54, 1.807) is 6.07 Å². The molecule has 1 aromatic carbocycles. The van der Waals surface area contributed by atoms with E-state index in [4.69, 9.17) is 5.26 Å². The van der Waals surface area contributed by atoms with Gasteiger partial charge in [-0.15, -0.1) is 0 Å². The Hall–Kier alpha value is -1.89. The fourth-order valence-corrected chi connectivity index (χ4v) is 3.34. The van der Waals surface area contributed by atoms with Crippen molar-refractivity contribution in [2.75, 3.05) is 13.6 Å². The highest BCUT2D eigenvalue weighted by molar-refractivity contribution is 6.02. The SMILES string of the molecule is CCC1(C)c2ccc(C#N)cc2C2=N[C@]1(F)CCN2C. The Morgan fingerprint density at radius 1 is 1.50 bits per heavy atom. The second-order valence-electron chi connectivity index (χ2n) is 5.92. The quantitative estimate of drug-likeness (QED) is 0.737. The average molecular weight is 271 g/mol. The van der Waals surface area contributed by atoms with Gasteiger partial charge in [0.15, 0.2) is 0 Å². The summed E-state index contributed by atoms with van der Waals surface area (Å²) in [5, 5.41) is 9.09. The Balaban J connectivity index is 2.31. The second-order valence-corrected chi connectivity index (χ2v) is 5.92.